The van der Waals surface area contributed by atoms with E-state index in [-0.39, 0.29) is 22.5 Å². The van der Waals surface area contributed by atoms with Gasteiger partial charge in [-0.1, -0.05) is 17.7 Å². The summed E-state index contributed by atoms with van der Waals surface area (Å²) in [6, 6.07) is 6.01. The van der Waals surface area contributed by atoms with E-state index in [0.717, 1.165) is 22.6 Å². The molecule has 0 radical (unpaired) electrons. The van der Waals surface area contributed by atoms with Crippen molar-refractivity contribution >= 4 is 17.5 Å². The summed E-state index contributed by atoms with van der Waals surface area (Å²) in [7, 11) is 0. The Bertz CT molecular complexity index is 1020. The molecule has 6 nitrogen and oxygen atoms in total. The predicted molar refractivity (Wildman–Crippen MR) is 98.8 cm³/mol. The molecule has 1 aliphatic rings. The normalized spacial score (nSPS) is 16.3. The number of rotatable bonds is 2. The highest BCUT2D eigenvalue weighted by Gasteiger charge is 2.32. The third kappa shape index (κ3) is 3.08. The highest BCUT2D eigenvalue weighted by atomic mass is 35.5. The molecular formula is C19H17ClFN5O. The Hall–Kier alpha value is -2.80. The van der Waals surface area contributed by atoms with Gasteiger partial charge >= 0.3 is 0 Å². The zero-order chi connectivity index (χ0) is 19.1. The first-order valence-electron chi connectivity index (χ1n) is 8.57. The lowest BCUT2D eigenvalue weighted by atomic mass is 9.95. The number of carbonyl (C=O) groups excluding carboxylic acids is 1. The summed E-state index contributed by atoms with van der Waals surface area (Å²) in [6.45, 7) is 4.07. The van der Waals surface area contributed by atoms with Crippen LogP contribution < -0.4 is 0 Å². The number of amides is 1. The van der Waals surface area contributed by atoms with Crippen molar-refractivity contribution in [2.75, 3.05) is 0 Å². The summed E-state index contributed by atoms with van der Waals surface area (Å²) < 4.78 is 13.8. The lowest BCUT2D eigenvalue weighted by Gasteiger charge is -2.35. The van der Waals surface area contributed by atoms with E-state index in [4.69, 9.17) is 11.6 Å². The van der Waals surface area contributed by atoms with Gasteiger partial charge in [-0.3, -0.25) is 9.89 Å². The van der Waals surface area contributed by atoms with E-state index in [1.165, 1.54) is 18.2 Å². The smallest absolute Gasteiger partial charge is 0.256 e. The third-order valence-electron chi connectivity index (χ3n) is 4.75. The first-order valence-corrected chi connectivity index (χ1v) is 8.94. The lowest BCUT2D eigenvalue weighted by molar-refractivity contribution is 0.0653. The van der Waals surface area contributed by atoms with Gasteiger partial charge in [0.25, 0.3) is 5.91 Å². The Kier molecular flexibility index (Phi) is 4.39. The summed E-state index contributed by atoms with van der Waals surface area (Å²) in [5, 5.41) is 6.78. The fraction of sp³-hybridized carbons (Fsp3) is 0.263. The molecule has 0 unspecified atom stereocenters. The van der Waals surface area contributed by atoms with Gasteiger partial charge < -0.3 is 4.90 Å². The van der Waals surface area contributed by atoms with E-state index in [9.17, 15) is 9.18 Å². The number of aryl methyl sites for hydroxylation is 1. The minimum atomic E-state index is -0.604. The van der Waals surface area contributed by atoms with Gasteiger partial charge in [0.1, 0.15) is 11.6 Å². The number of H-pyrrole nitrogens is 1. The number of nitrogens with one attached hydrogen (secondary N) is 1. The van der Waals surface area contributed by atoms with Crippen LogP contribution in [0.1, 0.15) is 34.4 Å². The van der Waals surface area contributed by atoms with Gasteiger partial charge in [0.15, 0.2) is 0 Å². The van der Waals surface area contributed by atoms with Gasteiger partial charge in [0.05, 0.1) is 34.2 Å². The van der Waals surface area contributed by atoms with Crippen LogP contribution in [0.25, 0.3) is 11.4 Å². The minimum Gasteiger partial charge on any atom is -0.330 e. The Morgan fingerprint density at radius 2 is 2.15 bits per heavy atom. The monoisotopic (exact) mass is 385 g/mol. The zero-order valence-electron chi connectivity index (χ0n) is 14.8. The zero-order valence-corrected chi connectivity index (χ0v) is 15.6. The topological polar surface area (TPSA) is 74.8 Å². The molecule has 1 aromatic carbocycles. The largest absolute Gasteiger partial charge is 0.330 e. The van der Waals surface area contributed by atoms with Crippen molar-refractivity contribution in [2.24, 2.45) is 0 Å². The first kappa shape index (κ1) is 17.6. The lowest BCUT2D eigenvalue weighted by Crippen LogP contribution is -2.43. The Balaban J connectivity index is 1.73. The molecule has 27 heavy (non-hydrogen) atoms. The molecule has 0 bridgehead atoms. The van der Waals surface area contributed by atoms with Crippen LogP contribution >= 0.6 is 11.6 Å². The number of carbonyl (C=O) groups is 1. The van der Waals surface area contributed by atoms with Crippen LogP contribution in [0, 0.1) is 12.7 Å². The Morgan fingerprint density at radius 1 is 1.33 bits per heavy atom. The van der Waals surface area contributed by atoms with Gasteiger partial charge in [-0.05, 0) is 38.5 Å². The molecule has 8 heteroatoms. The molecule has 0 fully saturated rings. The molecule has 3 heterocycles. The van der Waals surface area contributed by atoms with Crippen molar-refractivity contribution in [3.05, 3.63) is 63.9 Å². The molecule has 1 atom stereocenters. The first-order chi connectivity index (χ1) is 13.0. The quantitative estimate of drug-likeness (QED) is 0.732. The number of aromatic amines is 1. The van der Waals surface area contributed by atoms with Crippen LogP contribution in [0.2, 0.25) is 5.02 Å². The predicted octanol–water partition coefficient (Wildman–Crippen LogP) is 3.55. The van der Waals surface area contributed by atoms with Crippen LogP contribution in [0.15, 0.2) is 30.5 Å². The number of benzene rings is 1. The Labute approximate surface area is 160 Å². The molecule has 1 amide bonds. The van der Waals surface area contributed by atoms with Crippen LogP contribution in [0.4, 0.5) is 4.39 Å². The molecular weight excluding hydrogens is 369 g/mol. The van der Waals surface area contributed by atoms with Crippen molar-refractivity contribution in [3.8, 4) is 11.4 Å². The van der Waals surface area contributed by atoms with E-state index in [0.29, 0.717) is 18.8 Å². The molecule has 0 saturated heterocycles. The molecule has 138 valence electrons. The molecule has 2 aromatic heterocycles. The Morgan fingerprint density at radius 3 is 2.89 bits per heavy atom. The van der Waals surface area contributed by atoms with Crippen LogP contribution in [-0.2, 0) is 13.0 Å². The molecule has 0 saturated carbocycles. The molecule has 1 aliphatic heterocycles. The van der Waals surface area contributed by atoms with Gasteiger partial charge in [-0.25, -0.2) is 14.4 Å². The maximum atomic E-state index is 13.8. The van der Waals surface area contributed by atoms with E-state index >= 15 is 0 Å². The highest BCUT2D eigenvalue weighted by molar-refractivity contribution is 6.34. The van der Waals surface area contributed by atoms with Gasteiger partial charge in [-0.2, -0.15) is 5.10 Å². The second-order valence-electron chi connectivity index (χ2n) is 6.60. The maximum absolute atomic E-state index is 13.8. The van der Waals surface area contributed by atoms with Crippen molar-refractivity contribution in [1.29, 1.82) is 0 Å². The minimum absolute atomic E-state index is 0.114. The molecule has 4 rings (SSSR count). The average molecular weight is 386 g/mol. The van der Waals surface area contributed by atoms with Crippen molar-refractivity contribution in [2.45, 2.75) is 32.9 Å². The third-order valence-corrected chi connectivity index (χ3v) is 5.14. The summed E-state index contributed by atoms with van der Waals surface area (Å²) in [6.07, 6.45) is 2.26. The number of hydrogen-bond acceptors (Lipinski definition) is 4. The molecule has 3 aromatic rings. The standard InChI is InChI=1S/C19H17ClFN5O/c1-10-8-13-16(23-11(2)24-18(13)15-6-7-22-25-15)9-26(10)19(27)12-4-3-5-14(21)17(12)20/h3-7,10H,8-9H2,1-2H3,(H,22,25)/t10-/m1/s1. The average Bonchev–Trinajstić information content (AvgIpc) is 3.17. The summed E-state index contributed by atoms with van der Waals surface area (Å²) in [5.41, 5.74) is 3.55. The second-order valence-corrected chi connectivity index (χ2v) is 6.98. The van der Waals surface area contributed by atoms with E-state index in [1.807, 2.05) is 19.9 Å². The highest BCUT2D eigenvalue weighted by Crippen LogP contribution is 2.31. The number of hydrogen-bond donors (Lipinski definition) is 1. The SMILES string of the molecule is Cc1nc2c(c(-c3ccn[nH]3)n1)C[C@@H](C)N(C(=O)c1cccc(F)c1Cl)C2. The number of nitrogens with zero attached hydrogens (tertiary/aromatic N) is 4. The molecule has 0 spiro atoms. The maximum Gasteiger partial charge on any atom is 0.256 e. The van der Waals surface area contributed by atoms with Crippen molar-refractivity contribution in [1.82, 2.24) is 25.1 Å². The van der Waals surface area contributed by atoms with Gasteiger partial charge in [0, 0.05) is 17.8 Å². The fourth-order valence-electron chi connectivity index (χ4n) is 3.43. The summed E-state index contributed by atoms with van der Waals surface area (Å²) in [4.78, 5) is 23.8. The second kappa shape index (κ2) is 6.74. The van der Waals surface area contributed by atoms with Crippen molar-refractivity contribution < 1.29 is 9.18 Å². The summed E-state index contributed by atoms with van der Waals surface area (Å²) >= 11 is 6.01. The van der Waals surface area contributed by atoms with Crippen LogP contribution in [-0.4, -0.2) is 37.0 Å². The molecule has 0 aliphatic carbocycles. The van der Waals surface area contributed by atoms with Crippen LogP contribution in [0.3, 0.4) is 0 Å². The van der Waals surface area contributed by atoms with Crippen molar-refractivity contribution in [3.63, 3.8) is 0 Å². The number of halogens is 2. The van der Waals surface area contributed by atoms with Crippen LogP contribution in [0.5, 0.6) is 0 Å². The number of aromatic nitrogens is 4. The van der Waals surface area contributed by atoms with E-state index in [1.54, 1.807) is 11.1 Å². The van der Waals surface area contributed by atoms with Gasteiger partial charge in [-0.15, -0.1) is 0 Å². The van der Waals surface area contributed by atoms with E-state index in [2.05, 4.69) is 20.2 Å². The van der Waals surface area contributed by atoms with E-state index < -0.39 is 5.82 Å². The number of fused-ring (bicyclic) bond motifs is 1. The molecule has 1 N–H and O–H groups in total. The fourth-order valence-corrected chi connectivity index (χ4v) is 3.63. The summed E-state index contributed by atoms with van der Waals surface area (Å²) in [5.74, 6) is -0.298. The van der Waals surface area contributed by atoms with Gasteiger partial charge in [0.2, 0.25) is 0 Å².